The number of unbranched alkanes of at least 4 members (excludes halogenated alkanes) is 1. The number of hydrogen-bond acceptors (Lipinski definition) is 8. The van der Waals surface area contributed by atoms with Crippen LogP contribution in [0.15, 0.2) is 12.1 Å². The van der Waals surface area contributed by atoms with Gasteiger partial charge in [-0.05, 0) is 111 Å². The molecule has 10 atom stereocenters. The van der Waals surface area contributed by atoms with Gasteiger partial charge >= 0.3 is 0 Å². The molecule has 60 heavy (non-hydrogen) atoms. The lowest BCUT2D eigenvalue weighted by atomic mass is 9.43. The first-order valence-corrected chi connectivity index (χ1v) is 23.3. The van der Waals surface area contributed by atoms with E-state index in [1.807, 2.05) is 9.80 Å². The van der Waals surface area contributed by atoms with Crippen LogP contribution in [0, 0.1) is 45.3 Å². The van der Waals surface area contributed by atoms with Crippen LogP contribution in [0.1, 0.15) is 163 Å². The molecule has 2 aromatic carbocycles. The summed E-state index contributed by atoms with van der Waals surface area (Å²) in [5, 5.41) is 45.1. The van der Waals surface area contributed by atoms with E-state index in [2.05, 4.69) is 55.4 Å². The third-order valence-electron chi connectivity index (χ3n) is 19.4. The molecule has 326 valence electrons. The highest BCUT2D eigenvalue weighted by Crippen LogP contribution is 2.69. The zero-order valence-electron chi connectivity index (χ0n) is 37.2. The number of nitrogens with zero attached hydrogens (tertiary/aromatic N) is 2. The van der Waals surface area contributed by atoms with Gasteiger partial charge in [-0.3, -0.25) is 9.59 Å². The summed E-state index contributed by atoms with van der Waals surface area (Å²) in [6.07, 6.45) is 9.14. The minimum absolute atomic E-state index is 0.0964. The molecule has 10 heteroatoms. The Labute approximate surface area is 356 Å². The third kappa shape index (κ3) is 5.06. The van der Waals surface area contributed by atoms with Crippen LogP contribution < -0.4 is 9.47 Å². The highest BCUT2D eigenvalue weighted by molar-refractivity contribution is 6.01. The van der Waals surface area contributed by atoms with Crippen molar-refractivity contribution in [1.82, 2.24) is 9.80 Å². The van der Waals surface area contributed by atoms with Gasteiger partial charge in [0.05, 0.1) is 36.4 Å². The second-order valence-electron chi connectivity index (χ2n) is 22.6. The lowest BCUT2D eigenvalue weighted by molar-refractivity contribution is -0.210. The van der Waals surface area contributed by atoms with Crippen molar-refractivity contribution < 1.29 is 39.5 Å². The van der Waals surface area contributed by atoms with Crippen LogP contribution in [0.4, 0.5) is 0 Å². The van der Waals surface area contributed by atoms with Crippen molar-refractivity contribution in [3.63, 3.8) is 0 Å². The Balaban J connectivity index is 0.822. The minimum Gasteiger partial charge on any atom is -0.508 e. The molecule has 0 saturated heterocycles. The van der Waals surface area contributed by atoms with Crippen molar-refractivity contribution in [3.05, 3.63) is 45.5 Å². The number of benzene rings is 2. The Kier molecular flexibility index (Phi) is 8.81. The second-order valence-corrected chi connectivity index (χ2v) is 22.6. The van der Waals surface area contributed by atoms with Crippen molar-refractivity contribution >= 4 is 11.8 Å². The molecule has 2 spiro atoms. The molecule has 4 heterocycles. The Hall–Kier alpha value is -3.50. The smallest absolute Gasteiger partial charge is 0.254 e. The van der Waals surface area contributed by atoms with E-state index < -0.39 is 11.2 Å². The molecule has 10 rings (SSSR count). The monoisotopic (exact) mass is 824 g/mol. The number of hydrogen-bond donors (Lipinski definition) is 4. The molecule has 0 aromatic heterocycles. The maximum absolute atomic E-state index is 13.9. The zero-order chi connectivity index (χ0) is 42.7. The molecule has 0 radical (unpaired) electrons. The van der Waals surface area contributed by atoms with E-state index in [9.17, 15) is 30.0 Å². The minimum atomic E-state index is -0.521. The number of amides is 2. The highest BCUT2D eigenvalue weighted by atomic mass is 16.5. The molecule has 4 N–H and O–H groups in total. The summed E-state index contributed by atoms with van der Waals surface area (Å²) in [6, 6.07) is 3.32. The summed E-state index contributed by atoms with van der Waals surface area (Å²) < 4.78 is 14.5. The summed E-state index contributed by atoms with van der Waals surface area (Å²) >= 11 is 0. The fourth-order valence-corrected chi connectivity index (χ4v) is 15.6. The predicted octanol–water partition coefficient (Wildman–Crippen LogP) is 8.30. The Morgan fingerprint density at radius 3 is 1.37 bits per heavy atom. The van der Waals surface area contributed by atoms with E-state index in [0.717, 1.165) is 73.6 Å². The number of ether oxygens (including phenoxy) is 2. The fourth-order valence-electron chi connectivity index (χ4n) is 15.6. The van der Waals surface area contributed by atoms with Gasteiger partial charge in [0.2, 0.25) is 0 Å². The van der Waals surface area contributed by atoms with Crippen LogP contribution in [-0.4, -0.2) is 78.5 Å². The third-order valence-corrected chi connectivity index (χ3v) is 19.4. The van der Waals surface area contributed by atoms with Gasteiger partial charge in [-0.25, -0.2) is 0 Å². The number of fused-ring (bicyclic) bond motifs is 10. The van der Waals surface area contributed by atoms with Gasteiger partial charge in [0.25, 0.3) is 11.8 Å². The summed E-state index contributed by atoms with van der Waals surface area (Å²) in [5.74, 6) is 2.51. The number of phenols is 2. The van der Waals surface area contributed by atoms with Crippen LogP contribution in [-0.2, 0) is 25.9 Å². The van der Waals surface area contributed by atoms with Gasteiger partial charge in [0.15, 0.2) is 0 Å². The Morgan fingerprint density at radius 2 is 0.983 bits per heavy atom. The molecule has 0 unspecified atom stereocenters. The molecular weight excluding hydrogens is 757 g/mol. The number of phenolic OH excluding ortho intramolecular Hbond substituents is 2. The van der Waals surface area contributed by atoms with E-state index in [-0.39, 0.29) is 80.9 Å². The molecule has 10 nitrogen and oxygen atoms in total. The number of carbonyl (C=O) groups is 2. The molecule has 0 bridgehead atoms. The van der Waals surface area contributed by atoms with Crippen LogP contribution >= 0.6 is 0 Å². The highest BCUT2D eigenvalue weighted by Gasteiger charge is 2.69. The quantitative estimate of drug-likeness (QED) is 0.221. The van der Waals surface area contributed by atoms with Crippen LogP contribution in [0.3, 0.4) is 0 Å². The van der Waals surface area contributed by atoms with E-state index in [1.54, 1.807) is 12.1 Å². The Morgan fingerprint density at radius 1 is 0.600 bits per heavy atom. The molecule has 4 fully saturated rings. The van der Waals surface area contributed by atoms with Gasteiger partial charge in [-0.1, -0.05) is 55.4 Å². The fraction of sp³-hybridized carbons (Fsp3) is 0.720. The van der Waals surface area contributed by atoms with Crippen LogP contribution in [0.25, 0.3) is 0 Å². The number of aliphatic hydroxyl groups is 2. The zero-order valence-corrected chi connectivity index (χ0v) is 37.2. The summed E-state index contributed by atoms with van der Waals surface area (Å²) in [6.45, 7) is 20.0. The summed E-state index contributed by atoms with van der Waals surface area (Å²) in [7, 11) is 0. The molecule has 4 saturated carbocycles. The van der Waals surface area contributed by atoms with Gasteiger partial charge in [-0.15, -0.1) is 0 Å². The predicted molar refractivity (Wildman–Crippen MR) is 227 cm³/mol. The summed E-state index contributed by atoms with van der Waals surface area (Å²) in [4.78, 5) is 31.5. The lowest BCUT2D eigenvalue weighted by Gasteiger charge is -2.64. The molecule has 8 aliphatic rings. The van der Waals surface area contributed by atoms with Gasteiger partial charge < -0.3 is 39.7 Å². The number of aliphatic hydroxyl groups excluding tert-OH is 2. The van der Waals surface area contributed by atoms with Gasteiger partial charge in [-0.2, -0.15) is 0 Å². The number of rotatable bonds is 5. The standard InChI is InChI=1S/C50H68N2O8/c1-27-11-13-37-45(3,4)39(55)15-17-47(37,7)49(27)23-31-35(53)21-29-33(41(31)59-49)25-51(43(29)57)19-9-10-20-52-26-34-30(44(52)58)22-36(54)32-24-50(60-42(32)34)28(2)12-14-38-46(5,6)40(56)16-18-48(38,50)8/h21-22,27-28,37-40,53-56H,9-20,23-26H2,1-8H3/t27-,28-,37+,38+,39-,40-,47+,48+,49-,50-/m1/s1. The van der Waals surface area contributed by atoms with E-state index in [4.69, 9.17) is 9.47 Å². The molecule has 4 aliphatic heterocycles. The first-order chi connectivity index (χ1) is 28.2. The van der Waals surface area contributed by atoms with Crippen LogP contribution in [0.2, 0.25) is 0 Å². The maximum Gasteiger partial charge on any atom is 0.254 e. The molecular formula is C50H68N2O8. The molecule has 4 aliphatic carbocycles. The Bertz CT molecular complexity index is 2030. The SMILES string of the molecule is C[C@@H]1CC[C@H]2C(C)(C)[C@H](O)CC[C@]2(C)[C@@]12Cc1c(O)cc3c(c1O2)CN(CCCCN1Cc2c(cc(O)c4c2O[C@]2(C4)[C@H](C)CC[C@H]4C(C)(C)[C@H](O)CC[C@@]42C)C1=O)C3=O. The topological polar surface area (TPSA) is 140 Å². The van der Waals surface area contributed by atoms with E-state index >= 15 is 0 Å². The van der Waals surface area contributed by atoms with Crippen molar-refractivity contribution in [3.8, 4) is 23.0 Å². The van der Waals surface area contributed by atoms with Crippen molar-refractivity contribution in [2.24, 2.45) is 45.3 Å². The van der Waals surface area contributed by atoms with Crippen LogP contribution in [0.5, 0.6) is 23.0 Å². The number of carbonyl (C=O) groups excluding carboxylic acids is 2. The molecule has 2 amide bonds. The second kappa shape index (κ2) is 13.0. The van der Waals surface area contributed by atoms with Crippen molar-refractivity contribution in [2.45, 2.75) is 169 Å². The number of aromatic hydroxyl groups is 2. The average molecular weight is 825 g/mol. The maximum atomic E-state index is 13.9. The van der Waals surface area contributed by atoms with Gasteiger partial charge in [0, 0.05) is 59.0 Å². The first kappa shape index (κ1) is 40.6. The largest absolute Gasteiger partial charge is 0.508 e. The van der Waals surface area contributed by atoms with Crippen molar-refractivity contribution in [2.75, 3.05) is 13.1 Å². The lowest BCUT2D eigenvalue weighted by Crippen LogP contribution is -2.66. The average Bonchev–Trinajstić information content (AvgIpc) is 3.96. The van der Waals surface area contributed by atoms with Gasteiger partial charge in [0.1, 0.15) is 34.2 Å². The molecule has 2 aromatic rings. The summed E-state index contributed by atoms with van der Waals surface area (Å²) in [5.41, 5.74) is 2.48. The van der Waals surface area contributed by atoms with E-state index in [0.29, 0.717) is 74.5 Å². The first-order valence-electron chi connectivity index (χ1n) is 23.3. The van der Waals surface area contributed by atoms with E-state index in [1.165, 1.54) is 0 Å². The normalized spacial score (nSPS) is 39.2. The van der Waals surface area contributed by atoms with Crippen molar-refractivity contribution in [1.29, 1.82) is 0 Å².